The number of anilines is 2. The highest BCUT2D eigenvalue weighted by Gasteiger charge is 2.23. The highest BCUT2D eigenvalue weighted by atomic mass is 19.1. The summed E-state index contributed by atoms with van der Waals surface area (Å²) in [5.41, 5.74) is 1.65. The van der Waals surface area contributed by atoms with E-state index in [2.05, 4.69) is 15.6 Å². The van der Waals surface area contributed by atoms with Gasteiger partial charge in [-0.25, -0.2) is 9.18 Å². The fourth-order valence-electron chi connectivity index (χ4n) is 3.04. The lowest BCUT2D eigenvalue weighted by Gasteiger charge is -2.32. The second-order valence-corrected chi connectivity index (χ2v) is 6.53. The van der Waals surface area contributed by atoms with Gasteiger partial charge in [-0.2, -0.15) is 0 Å². The largest absolute Gasteiger partial charge is 0.450 e. The molecule has 1 aliphatic heterocycles. The average molecular weight is 386 g/mol. The molecule has 2 aromatic rings. The quantitative estimate of drug-likeness (QED) is 0.822. The van der Waals surface area contributed by atoms with E-state index in [0.29, 0.717) is 30.9 Å². The van der Waals surface area contributed by atoms with Crippen molar-refractivity contribution in [2.75, 3.05) is 30.3 Å². The molecule has 1 fully saturated rings. The maximum absolute atomic E-state index is 13.0. The Labute approximate surface area is 162 Å². The fraction of sp³-hybridized carbons (Fsp3) is 0.350. The minimum Gasteiger partial charge on any atom is -0.450 e. The SMILES string of the molecule is CCOC(=O)N1CCC(Nc2cncc(C(=O)Nc3ccc(F)cc3)c2)CC1. The number of likely N-dealkylation sites (tertiary alicyclic amines) is 1. The minimum absolute atomic E-state index is 0.183. The van der Waals surface area contributed by atoms with E-state index in [1.54, 1.807) is 24.1 Å². The predicted octanol–water partition coefficient (Wildman–Crippen LogP) is 3.51. The number of nitrogens with one attached hydrogen (secondary N) is 2. The van der Waals surface area contributed by atoms with E-state index in [9.17, 15) is 14.0 Å². The lowest BCUT2D eigenvalue weighted by molar-refractivity contribution is 0.0981. The van der Waals surface area contributed by atoms with Crippen LogP contribution in [0.25, 0.3) is 0 Å². The summed E-state index contributed by atoms with van der Waals surface area (Å²) in [6.45, 7) is 3.40. The lowest BCUT2D eigenvalue weighted by Crippen LogP contribution is -2.42. The van der Waals surface area contributed by atoms with Crippen LogP contribution in [0.5, 0.6) is 0 Å². The molecule has 8 heteroatoms. The normalized spacial score (nSPS) is 14.4. The van der Waals surface area contributed by atoms with E-state index < -0.39 is 0 Å². The number of carbonyl (C=O) groups excluding carboxylic acids is 2. The first kappa shape index (κ1) is 19.6. The molecule has 2 amide bonds. The summed E-state index contributed by atoms with van der Waals surface area (Å²) in [4.78, 5) is 30.0. The van der Waals surface area contributed by atoms with Gasteiger partial charge in [-0.15, -0.1) is 0 Å². The number of hydrogen-bond donors (Lipinski definition) is 2. The van der Waals surface area contributed by atoms with Gasteiger partial charge in [0.15, 0.2) is 0 Å². The van der Waals surface area contributed by atoms with Gasteiger partial charge in [0.25, 0.3) is 5.91 Å². The zero-order valence-electron chi connectivity index (χ0n) is 15.7. The van der Waals surface area contributed by atoms with Crippen LogP contribution in [0.4, 0.5) is 20.6 Å². The summed E-state index contributed by atoms with van der Waals surface area (Å²) in [6.07, 6.45) is 4.43. The van der Waals surface area contributed by atoms with Gasteiger partial charge in [-0.1, -0.05) is 0 Å². The summed E-state index contributed by atoms with van der Waals surface area (Å²) in [6, 6.07) is 7.48. The first-order chi connectivity index (χ1) is 13.5. The number of piperidine rings is 1. The number of benzene rings is 1. The fourth-order valence-corrected chi connectivity index (χ4v) is 3.04. The van der Waals surface area contributed by atoms with E-state index in [1.807, 2.05) is 0 Å². The van der Waals surface area contributed by atoms with E-state index in [4.69, 9.17) is 4.74 Å². The smallest absolute Gasteiger partial charge is 0.409 e. The van der Waals surface area contributed by atoms with Crippen LogP contribution in [0.2, 0.25) is 0 Å². The van der Waals surface area contributed by atoms with Crippen molar-refractivity contribution in [3.8, 4) is 0 Å². The molecule has 1 aliphatic rings. The molecule has 2 N–H and O–H groups in total. The van der Waals surface area contributed by atoms with Crippen molar-refractivity contribution in [3.63, 3.8) is 0 Å². The molecular weight excluding hydrogens is 363 g/mol. The van der Waals surface area contributed by atoms with E-state index >= 15 is 0 Å². The van der Waals surface area contributed by atoms with Crippen LogP contribution in [0.3, 0.4) is 0 Å². The molecule has 0 spiro atoms. The first-order valence-electron chi connectivity index (χ1n) is 9.25. The maximum atomic E-state index is 13.0. The molecule has 0 bridgehead atoms. The zero-order chi connectivity index (χ0) is 19.9. The minimum atomic E-state index is -0.361. The Morgan fingerprint density at radius 3 is 2.57 bits per heavy atom. The Balaban J connectivity index is 1.55. The molecule has 0 saturated carbocycles. The van der Waals surface area contributed by atoms with Crippen molar-refractivity contribution in [3.05, 3.63) is 54.1 Å². The molecule has 1 aromatic carbocycles. The number of aromatic nitrogens is 1. The number of nitrogens with zero attached hydrogens (tertiary/aromatic N) is 2. The van der Waals surface area contributed by atoms with Gasteiger partial charge in [0.2, 0.25) is 0 Å². The average Bonchev–Trinajstić information content (AvgIpc) is 2.70. The van der Waals surface area contributed by atoms with Crippen molar-refractivity contribution < 1.29 is 18.7 Å². The summed E-state index contributed by atoms with van der Waals surface area (Å²) >= 11 is 0. The number of carbonyl (C=O) groups is 2. The van der Waals surface area contributed by atoms with Crippen LogP contribution in [0.1, 0.15) is 30.1 Å². The number of rotatable bonds is 5. The second-order valence-electron chi connectivity index (χ2n) is 6.53. The van der Waals surface area contributed by atoms with Crippen LogP contribution in [-0.4, -0.2) is 47.6 Å². The van der Waals surface area contributed by atoms with E-state index in [1.165, 1.54) is 30.5 Å². The number of hydrogen-bond acceptors (Lipinski definition) is 5. The summed E-state index contributed by atoms with van der Waals surface area (Å²) < 4.78 is 18.0. The number of pyridine rings is 1. The summed E-state index contributed by atoms with van der Waals surface area (Å²) in [5, 5.41) is 6.08. The third-order valence-corrected chi connectivity index (χ3v) is 4.49. The first-order valence-corrected chi connectivity index (χ1v) is 9.25. The van der Waals surface area contributed by atoms with Gasteiger partial charge in [0, 0.05) is 37.2 Å². The molecule has 1 aromatic heterocycles. The molecule has 1 saturated heterocycles. The molecule has 2 heterocycles. The molecular formula is C20H23FN4O3. The summed E-state index contributed by atoms with van der Waals surface area (Å²) in [7, 11) is 0. The van der Waals surface area contributed by atoms with Crippen molar-refractivity contribution in [1.82, 2.24) is 9.88 Å². The number of amides is 2. The Kier molecular flexibility index (Phi) is 6.41. The maximum Gasteiger partial charge on any atom is 0.409 e. The Bertz CT molecular complexity index is 820. The molecule has 7 nitrogen and oxygen atoms in total. The van der Waals surface area contributed by atoms with Gasteiger partial charge in [-0.3, -0.25) is 9.78 Å². The molecule has 148 valence electrons. The van der Waals surface area contributed by atoms with Gasteiger partial charge >= 0.3 is 6.09 Å². The van der Waals surface area contributed by atoms with Gasteiger partial charge in [-0.05, 0) is 50.1 Å². The van der Waals surface area contributed by atoms with Gasteiger partial charge < -0.3 is 20.3 Å². The zero-order valence-corrected chi connectivity index (χ0v) is 15.7. The molecule has 3 rings (SSSR count). The van der Waals surface area contributed by atoms with Crippen LogP contribution in [-0.2, 0) is 4.74 Å². The molecule has 28 heavy (non-hydrogen) atoms. The molecule has 0 unspecified atom stereocenters. The molecule has 0 aliphatic carbocycles. The van der Waals surface area contributed by atoms with Crippen molar-refractivity contribution >= 4 is 23.4 Å². The topological polar surface area (TPSA) is 83.6 Å². The molecule has 0 atom stereocenters. The van der Waals surface area contributed by atoms with Gasteiger partial charge in [0.05, 0.1) is 17.9 Å². The van der Waals surface area contributed by atoms with Crippen LogP contribution in [0, 0.1) is 5.82 Å². The lowest BCUT2D eigenvalue weighted by atomic mass is 10.1. The highest BCUT2D eigenvalue weighted by Crippen LogP contribution is 2.18. The predicted molar refractivity (Wildman–Crippen MR) is 104 cm³/mol. The Morgan fingerprint density at radius 2 is 1.89 bits per heavy atom. The Hall–Kier alpha value is -3.16. The van der Waals surface area contributed by atoms with Crippen molar-refractivity contribution in [2.24, 2.45) is 0 Å². The third-order valence-electron chi connectivity index (χ3n) is 4.49. The Morgan fingerprint density at radius 1 is 1.18 bits per heavy atom. The van der Waals surface area contributed by atoms with E-state index in [0.717, 1.165) is 18.5 Å². The second kappa shape index (κ2) is 9.16. The van der Waals surface area contributed by atoms with Gasteiger partial charge in [0.1, 0.15) is 5.82 Å². The third kappa shape index (κ3) is 5.18. The summed E-state index contributed by atoms with van der Waals surface area (Å²) in [5.74, 6) is -0.681. The highest BCUT2D eigenvalue weighted by molar-refractivity contribution is 6.04. The van der Waals surface area contributed by atoms with E-state index in [-0.39, 0.29) is 23.9 Å². The van der Waals surface area contributed by atoms with Crippen LogP contribution < -0.4 is 10.6 Å². The monoisotopic (exact) mass is 386 g/mol. The van der Waals surface area contributed by atoms with Crippen LogP contribution in [0.15, 0.2) is 42.7 Å². The number of ether oxygens (including phenoxy) is 1. The number of halogens is 1. The van der Waals surface area contributed by atoms with Crippen LogP contribution >= 0.6 is 0 Å². The van der Waals surface area contributed by atoms with Crippen molar-refractivity contribution in [1.29, 1.82) is 0 Å². The molecule has 0 radical (unpaired) electrons. The van der Waals surface area contributed by atoms with Crippen molar-refractivity contribution in [2.45, 2.75) is 25.8 Å². The standard InChI is InChI=1S/C20H23FN4O3/c1-2-28-20(27)25-9-7-17(8-10-25)23-18-11-14(12-22-13-18)19(26)24-16-5-3-15(21)4-6-16/h3-6,11-13,17,23H,2,7-10H2,1H3,(H,24,26).